The Balaban J connectivity index is 1.82. The quantitative estimate of drug-likeness (QED) is 0.560. The van der Waals surface area contributed by atoms with Crippen LogP contribution in [-0.2, 0) is 0 Å². The van der Waals surface area contributed by atoms with Gasteiger partial charge in [0.2, 0.25) is 4.96 Å². The highest BCUT2D eigenvalue weighted by molar-refractivity contribution is 7.19. The van der Waals surface area contributed by atoms with E-state index in [1.165, 1.54) is 11.3 Å². The van der Waals surface area contributed by atoms with E-state index in [4.69, 9.17) is 16.3 Å². The first-order valence-electron chi connectivity index (χ1n) is 6.88. The molecule has 4 rings (SSSR count). The number of ether oxygens (including phenoxy) is 1. The first kappa shape index (κ1) is 14.2. The summed E-state index contributed by atoms with van der Waals surface area (Å²) in [5.41, 5.74) is 1.82. The van der Waals surface area contributed by atoms with Gasteiger partial charge in [0.25, 0.3) is 0 Å². The Morgan fingerprint density at radius 1 is 1.04 bits per heavy atom. The Kier molecular flexibility index (Phi) is 3.48. The summed E-state index contributed by atoms with van der Waals surface area (Å²) in [6.07, 6.45) is 0. The van der Waals surface area contributed by atoms with Crippen LogP contribution in [0.25, 0.3) is 26.9 Å². The standard InChI is InChI=1S/C16H11ClN4OS/c1-22-11-8-6-10(7-9-11)14-18-19-16-21(14)20-15(23-16)12-4-2-3-5-13(12)17/h2-9H,1H3. The second kappa shape index (κ2) is 5.64. The van der Waals surface area contributed by atoms with Crippen molar-refractivity contribution in [1.82, 2.24) is 19.8 Å². The normalized spacial score (nSPS) is 11.0. The molecule has 2 heterocycles. The van der Waals surface area contributed by atoms with Crippen molar-refractivity contribution in [1.29, 1.82) is 0 Å². The van der Waals surface area contributed by atoms with E-state index in [1.54, 1.807) is 11.6 Å². The van der Waals surface area contributed by atoms with Crippen LogP contribution in [0.3, 0.4) is 0 Å². The highest BCUT2D eigenvalue weighted by Gasteiger charge is 2.15. The molecule has 0 unspecified atom stereocenters. The van der Waals surface area contributed by atoms with Gasteiger partial charge in [-0.1, -0.05) is 41.1 Å². The zero-order valence-electron chi connectivity index (χ0n) is 12.1. The summed E-state index contributed by atoms with van der Waals surface area (Å²) in [5, 5.41) is 14.5. The molecule has 5 nitrogen and oxygen atoms in total. The average Bonchev–Trinajstić information content (AvgIpc) is 3.16. The molecule has 0 spiro atoms. The van der Waals surface area contributed by atoms with Gasteiger partial charge < -0.3 is 4.74 Å². The van der Waals surface area contributed by atoms with Gasteiger partial charge >= 0.3 is 0 Å². The molecule has 0 aliphatic carbocycles. The van der Waals surface area contributed by atoms with Gasteiger partial charge in [-0.2, -0.15) is 9.61 Å². The maximum Gasteiger partial charge on any atom is 0.235 e. The van der Waals surface area contributed by atoms with Crippen molar-refractivity contribution in [2.75, 3.05) is 7.11 Å². The summed E-state index contributed by atoms with van der Waals surface area (Å²) >= 11 is 7.71. The number of hydrogen-bond donors (Lipinski definition) is 0. The predicted molar refractivity (Wildman–Crippen MR) is 91.1 cm³/mol. The summed E-state index contributed by atoms with van der Waals surface area (Å²) < 4.78 is 6.92. The number of aromatic nitrogens is 4. The molecule has 0 aliphatic heterocycles. The van der Waals surface area contributed by atoms with E-state index in [0.717, 1.165) is 26.8 Å². The van der Waals surface area contributed by atoms with Crippen molar-refractivity contribution in [3.05, 3.63) is 53.6 Å². The van der Waals surface area contributed by atoms with E-state index in [1.807, 2.05) is 48.5 Å². The average molecular weight is 343 g/mol. The van der Waals surface area contributed by atoms with E-state index in [-0.39, 0.29) is 0 Å². The van der Waals surface area contributed by atoms with Gasteiger partial charge in [0.1, 0.15) is 10.8 Å². The minimum Gasteiger partial charge on any atom is -0.497 e. The molecule has 0 aliphatic rings. The molecule has 114 valence electrons. The number of benzene rings is 2. The summed E-state index contributed by atoms with van der Waals surface area (Å²) in [6, 6.07) is 15.3. The predicted octanol–water partition coefficient (Wildman–Crippen LogP) is 4.18. The van der Waals surface area contributed by atoms with Crippen LogP contribution < -0.4 is 4.74 Å². The molecule has 7 heteroatoms. The zero-order chi connectivity index (χ0) is 15.8. The van der Waals surface area contributed by atoms with Crippen LogP contribution in [0, 0.1) is 0 Å². The Morgan fingerprint density at radius 3 is 2.57 bits per heavy atom. The van der Waals surface area contributed by atoms with Crippen molar-refractivity contribution in [3.63, 3.8) is 0 Å². The zero-order valence-corrected chi connectivity index (χ0v) is 13.7. The molecule has 23 heavy (non-hydrogen) atoms. The molecule has 2 aromatic carbocycles. The topological polar surface area (TPSA) is 52.3 Å². The van der Waals surface area contributed by atoms with Crippen molar-refractivity contribution < 1.29 is 4.74 Å². The van der Waals surface area contributed by atoms with Gasteiger partial charge in [-0.05, 0) is 30.3 Å². The molecule has 0 saturated heterocycles. The molecule has 4 aromatic rings. The lowest BCUT2D eigenvalue weighted by Crippen LogP contribution is -1.91. The van der Waals surface area contributed by atoms with Gasteiger partial charge in [-0.3, -0.25) is 0 Å². The van der Waals surface area contributed by atoms with Crippen molar-refractivity contribution in [2.45, 2.75) is 0 Å². The molecule has 0 atom stereocenters. The fourth-order valence-electron chi connectivity index (χ4n) is 2.28. The number of nitrogens with zero attached hydrogens (tertiary/aromatic N) is 4. The number of hydrogen-bond acceptors (Lipinski definition) is 5. The molecular formula is C16H11ClN4OS. The minimum absolute atomic E-state index is 0.670. The van der Waals surface area contributed by atoms with Crippen LogP contribution in [0.2, 0.25) is 5.02 Å². The monoisotopic (exact) mass is 342 g/mol. The minimum atomic E-state index is 0.670. The van der Waals surface area contributed by atoms with Crippen LogP contribution in [0.5, 0.6) is 5.75 Å². The molecule has 0 fully saturated rings. The van der Waals surface area contributed by atoms with Crippen molar-refractivity contribution >= 4 is 27.9 Å². The maximum absolute atomic E-state index is 6.25. The summed E-state index contributed by atoms with van der Waals surface area (Å²) in [5.74, 6) is 1.49. The van der Waals surface area contributed by atoms with Crippen LogP contribution in [-0.4, -0.2) is 26.9 Å². The number of fused-ring (bicyclic) bond motifs is 1. The lowest BCUT2D eigenvalue weighted by Gasteiger charge is -2.01. The largest absolute Gasteiger partial charge is 0.497 e. The number of rotatable bonds is 3. The van der Waals surface area contributed by atoms with E-state index >= 15 is 0 Å². The summed E-state index contributed by atoms with van der Waals surface area (Å²) in [6.45, 7) is 0. The van der Waals surface area contributed by atoms with Crippen LogP contribution >= 0.6 is 22.9 Å². The first-order chi connectivity index (χ1) is 11.3. The highest BCUT2D eigenvalue weighted by Crippen LogP contribution is 2.32. The Hall–Kier alpha value is -2.44. The molecule has 0 bridgehead atoms. The molecule has 2 aromatic heterocycles. The summed E-state index contributed by atoms with van der Waals surface area (Å²) in [4.78, 5) is 0.728. The Bertz CT molecular complexity index is 977. The van der Waals surface area contributed by atoms with Gasteiger partial charge in [0.15, 0.2) is 5.82 Å². The highest BCUT2D eigenvalue weighted by atomic mass is 35.5. The summed E-state index contributed by atoms with van der Waals surface area (Å²) in [7, 11) is 1.64. The van der Waals surface area contributed by atoms with E-state index < -0.39 is 0 Å². The van der Waals surface area contributed by atoms with Gasteiger partial charge in [0.05, 0.1) is 12.1 Å². The van der Waals surface area contributed by atoms with Crippen LogP contribution in [0.1, 0.15) is 0 Å². The van der Waals surface area contributed by atoms with Crippen molar-refractivity contribution in [3.8, 4) is 27.7 Å². The van der Waals surface area contributed by atoms with Crippen LogP contribution in [0.15, 0.2) is 48.5 Å². The first-order valence-corrected chi connectivity index (χ1v) is 8.07. The lowest BCUT2D eigenvalue weighted by atomic mass is 10.2. The molecule has 0 saturated carbocycles. The smallest absolute Gasteiger partial charge is 0.235 e. The number of halogens is 1. The van der Waals surface area contributed by atoms with E-state index in [0.29, 0.717) is 10.8 Å². The van der Waals surface area contributed by atoms with E-state index in [2.05, 4.69) is 15.3 Å². The van der Waals surface area contributed by atoms with E-state index in [9.17, 15) is 0 Å². The Morgan fingerprint density at radius 2 is 1.83 bits per heavy atom. The molecular weight excluding hydrogens is 332 g/mol. The SMILES string of the molecule is COc1ccc(-c2nnc3sc(-c4ccccc4Cl)nn23)cc1. The second-order valence-corrected chi connectivity index (χ2v) is 6.20. The third-order valence-corrected chi connectivity index (χ3v) is 4.71. The van der Waals surface area contributed by atoms with Gasteiger partial charge in [-0.15, -0.1) is 10.2 Å². The van der Waals surface area contributed by atoms with Gasteiger partial charge in [0, 0.05) is 11.1 Å². The molecule has 0 N–H and O–H groups in total. The maximum atomic E-state index is 6.25. The fraction of sp³-hybridized carbons (Fsp3) is 0.0625. The fourth-order valence-corrected chi connectivity index (χ4v) is 3.44. The molecule has 0 amide bonds. The third kappa shape index (κ3) is 2.46. The van der Waals surface area contributed by atoms with Crippen LogP contribution in [0.4, 0.5) is 0 Å². The number of methoxy groups -OCH3 is 1. The van der Waals surface area contributed by atoms with Crippen molar-refractivity contribution in [2.24, 2.45) is 0 Å². The third-order valence-electron chi connectivity index (χ3n) is 3.44. The lowest BCUT2D eigenvalue weighted by molar-refractivity contribution is 0.415. The van der Waals surface area contributed by atoms with Gasteiger partial charge in [-0.25, -0.2) is 0 Å². The Labute approximate surface area is 141 Å². The molecule has 0 radical (unpaired) electrons. The second-order valence-electron chi connectivity index (χ2n) is 4.83.